The van der Waals surface area contributed by atoms with Gasteiger partial charge in [-0.1, -0.05) is 32.0 Å². The lowest BCUT2D eigenvalue weighted by Crippen LogP contribution is -2.38. The molecule has 3 aliphatic heterocycles. The van der Waals surface area contributed by atoms with Crippen molar-refractivity contribution < 1.29 is 18.4 Å². The van der Waals surface area contributed by atoms with E-state index in [9.17, 15) is 14.0 Å². The van der Waals surface area contributed by atoms with Gasteiger partial charge in [-0.2, -0.15) is 0 Å². The summed E-state index contributed by atoms with van der Waals surface area (Å²) in [6, 6.07) is 8.38. The number of thiazole rings is 1. The first-order chi connectivity index (χ1) is 21.8. The molecule has 1 N–H and O–H groups in total. The molecule has 2 atom stereocenters. The van der Waals surface area contributed by atoms with Crippen LogP contribution in [0.4, 0.5) is 13.9 Å². The molecule has 45 heavy (non-hydrogen) atoms. The summed E-state index contributed by atoms with van der Waals surface area (Å²) < 4.78 is 31.9. The molecule has 3 aliphatic rings. The van der Waals surface area contributed by atoms with Gasteiger partial charge in [-0.25, -0.2) is 18.7 Å². The number of likely N-dealkylation sites (tertiary alicyclic amines) is 1. The smallest absolute Gasteiger partial charge is 0.255 e. The van der Waals surface area contributed by atoms with Crippen LogP contribution in [-0.2, 0) is 30.7 Å². The van der Waals surface area contributed by atoms with Crippen molar-refractivity contribution in [3.8, 4) is 11.1 Å². The minimum atomic E-state index is -1.18. The summed E-state index contributed by atoms with van der Waals surface area (Å²) in [5, 5.41) is 4.87. The number of benzene rings is 2. The molecule has 2 unspecified atom stereocenters. The molecule has 1 saturated heterocycles. The van der Waals surface area contributed by atoms with Crippen molar-refractivity contribution in [2.75, 3.05) is 25.0 Å². The first-order valence-electron chi connectivity index (χ1n) is 15.7. The Labute approximate surface area is 265 Å². The van der Waals surface area contributed by atoms with Crippen LogP contribution < -0.4 is 5.32 Å². The standard InChI is InChI=1S/C34H36F2N6O2S/c1-3-20-13-22(5-6-25(20)21-7-10-40(4-2)11-8-21)23-14-26-27(28(36)15-23)18-42(33(26)44)31(32(43)39-34-37-9-12-45-34)30-29-16-24(35)17-41(29)19-38-30/h5-6,9,12-15,19,21,24,31H,3-4,7-8,10-11,16-18H2,1-2H3,(H,37,39,43). The van der Waals surface area contributed by atoms with Crippen molar-refractivity contribution >= 4 is 28.3 Å². The van der Waals surface area contributed by atoms with Crippen LogP contribution in [0.15, 0.2) is 48.2 Å². The van der Waals surface area contributed by atoms with Crippen LogP contribution in [0, 0.1) is 5.82 Å². The number of fused-ring (bicyclic) bond motifs is 2. The number of piperidine rings is 1. The summed E-state index contributed by atoms with van der Waals surface area (Å²) >= 11 is 1.24. The van der Waals surface area contributed by atoms with E-state index in [4.69, 9.17) is 0 Å². The summed E-state index contributed by atoms with van der Waals surface area (Å²) in [6.45, 7) is 7.66. The van der Waals surface area contributed by atoms with Gasteiger partial charge in [0.15, 0.2) is 11.2 Å². The number of rotatable bonds is 8. The Kier molecular flexibility index (Phi) is 7.99. The lowest BCUT2D eigenvalue weighted by Gasteiger charge is -2.32. The number of imidazole rings is 1. The highest BCUT2D eigenvalue weighted by Gasteiger charge is 2.43. The van der Waals surface area contributed by atoms with E-state index in [1.54, 1.807) is 22.2 Å². The Morgan fingerprint density at radius 3 is 2.69 bits per heavy atom. The minimum Gasteiger partial charge on any atom is -0.331 e. The van der Waals surface area contributed by atoms with Gasteiger partial charge >= 0.3 is 0 Å². The maximum Gasteiger partial charge on any atom is 0.255 e. The minimum absolute atomic E-state index is 0.0946. The number of halogens is 2. The predicted molar refractivity (Wildman–Crippen MR) is 169 cm³/mol. The summed E-state index contributed by atoms with van der Waals surface area (Å²) in [4.78, 5) is 40.2. The normalized spacial score (nSPS) is 19.2. The van der Waals surface area contributed by atoms with Gasteiger partial charge in [0.25, 0.3) is 11.8 Å². The van der Waals surface area contributed by atoms with Crippen molar-refractivity contribution in [3.05, 3.63) is 87.7 Å². The molecule has 0 bridgehead atoms. The number of amides is 2. The number of nitrogens with zero attached hydrogens (tertiary/aromatic N) is 5. The van der Waals surface area contributed by atoms with Gasteiger partial charge in [0.05, 0.1) is 25.1 Å². The second kappa shape index (κ2) is 12.1. The topological polar surface area (TPSA) is 83.4 Å². The van der Waals surface area contributed by atoms with Crippen LogP contribution >= 0.6 is 11.3 Å². The Morgan fingerprint density at radius 1 is 1.13 bits per heavy atom. The Balaban J connectivity index is 1.20. The van der Waals surface area contributed by atoms with Crippen LogP contribution in [0.25, 0.3) is 11.1 Å². The number of carbonyl (C=O) groups is 2. The number of alkyl halides is 1. The first kappa shape index (κ1) is 29.7. The average molecular weight is 631 g/mol. The van der Waals surface area contributed by atoms with E-state index >= 15 is 4.39 Å². The highest BCUT2D eigenvalue weighted by atomic mass is 32.1. The molecule has 234 valence electrons. The molecule has 7 rings (SSSR count). The summed E-state index contributed by atoms with van der Waals surface area (Å²) in [5.74, 6) is -0.973. The second-order valence-electron chi connectivity index (χ2n) is 12.2. The molecule has 2 amide bonds. The molecular formula is C34H36F2N6O2S. The number of nitrogens with one attached hydrogen (secondary N) is 1. The van der Waals surface area contributed by atoms with E-state index in [2.05, 4.69) is 46.2 Å². The van der Waals surface area contributed by atoms with Crippen LogP contribution in [0.3, 0.4) is 0 Å². The number of anilines is 1. The van der Waals surface area contributed by atoms with Crippen LogP contribution in [0.5, 0.6) is 0 Å². The van der Waals surface area contributed by atoms with Gasteiger partial charge in [0.1, 0.15) is 12.0 Å². The van der Waals surface area contributed by atoms with E-state index in [0.29, 0.717) is 28.0 Å². The maximum atomic E-state index is 15.8. The Hall–Kier alpha value is -3.96. The van der Waals surface area contributed by atoms with Gasteiger partial charge in [0.2, 0.25) is 0 Å². The fourth-order valence-electron chi connectivity index (χ4n) is 7.20. The number of hydrogen-bond acceptors (Lipinski definition) is 6. The molecule has 4 aromatic rings. The first-order valence-corrected chi connectivity index (χ1v) is 16.6. The van der Waals surface area contributed by atoms with E-state index in [0.717, 1.165) is 44.5 Å². The zero-order valence-electron chi connectivity index (χ0n) is 25.4. The van der Waals surface area contributed by atoms with E-state index in [1.807, 2.05) is 6.07 Å². The zero-order valence-corrected chi connectivity index (χ0v) is 26.2. The molecule has 11 heteroatoms. The fourth-order valence-corrected chi connectivity index (χ4v) is 7.73. The van der Waals surface area contributed by atoms with Gasteiger partial charge in [-0.3, -0.25) is 14.9 Å². The number of hydrogen-bond donors (Lipinski definition) is 1. The van der Waals surface area contributed by atoms with Crippen LogP contribution in [0.1, 0.15) is 77.1 Å². The number of aryl methyl sites for hydroxylation is 1. The maximum absolute atomic E-state index is 15.8. The lowest BCUT2D eigenvalue weighted by molar-refractivity contribution is -0.121. The molecule has 0 spiro atoms. The van der Waals surface area contributed by atoms with Crippen LogP contribution in [-0.4, -0.2) is 62.0 Å². The molecule has 1 fully saturated rings. The van der Waals surface area contributed by atoms with E-state index in [1.165, 1.54) is 39.8 Å². The highest BCUT2D eigenvalue weighted by Crippen LogP contribution is 2.39. The Bertz CT molecular complexity index is 1750. The zero-order chi connectivity index (χ0) is 31.2. The molecular weight excluding hydrogens is 594 g/mol. The van der Waals surface area contributed by atoms with E-state index in [-0.39, 0.29) is 30.6 Å². The molecule has 0 aliphatic carbocycles. The highest BCUT2D eigenvalue weighted by molar-refractivity contribution is 7.13. The monoisotopic (exact) mass is 630 g/mol. The third kappa shape index (κ3) is 5.46. The molecule has 8 nitrogen and oxygen atoms in total. The van der Waals surface area contributed by atoms with E-state index < -0.39 is 29.8 Å². The average Bonchev–Trinajstić information content (AvgIpc) is 3.84. The lowest BCUT2D eigenvalue weighted by atomic mass is 9.84. The largest absolute Gasteiger partial charge is 0.331 e. The molecule has 5 heterocycles. The molecule has 0 saturated carbocycles. The van der Waals surface area contributed by atoms with Crippen molar-refractivity contribution in [3.63, 3.8) is 0 Å². The van der Waals surface area contributed by atoms with Crippen LogP contribution in [0.2, 0.25) is 0 Å². The fraction of sp³-hybridized carbons (Fsp3) is 0.412. The van der Waals surface area contributed by atoms with Crippen molar-refractivity contribution in [2.24, 2.45) is 0 Å². The molecule has 2 aromatic heterocycles. The van der Waals surface area contributed by atoms with Gasteiger partial charge < -0.3 is 14.4 Å². The number of aromatic nitrogens is 3. The van der Waals surface area contributed by atoms with Crippen molar-refractivity contribution in [1.82, 2.24) is 24.3 Å². The third-order valence-corrected chi connectivity index (χ3v) is 10.3. The summed E-state index contributed by atoms with van der Waals surface area (Å²) in [6.07, 6.45) is 5.18. The SMILES string of the molecule is CCc1cc(-c2cc(F)c3c(c2)C(=O)N(C(C(=O)Nc2nccs2)c2ncn4c2CC(F)C4)C3)ccc1C1CCN(CC)CC1. The number of carbonyl (C=O) groups excluding carboxylic acids is 2. The van der Waals surface area contributed by atoms with Gasteiger partial charge in [0, 0.05) is 34.8 Å². The van der Waals surface area contributed by atoms with Gasteiger partial charge in [-0.15, -0.1) is 11.3 Å². The summed E-state index contributed by atoms with van der Waals surface area (Å²) in [7, 11) is 0. The predicted octanol–water partition coefficient (Wildman–Crippen LogP) is 6.14. The second-order valence-corrected chi connectivity index (χ2v) is 13.0. The third-order valence-electron chi connectivity index (χ3n) is 9.62. The quantitative estimate of drug-likeness (QED) is 0.253. The van der Waals surface area contributed by atoms with Gasteiger partial charge in [-0.05, 0) is 79.2 Å². The summed E-state index contributed by atoms with van der Waals surface area (Å²) in [5.41, 5.74) is 5.42. The van der Waals surface area contributed by atoms with Crippen molar-refractivity contribution in [1.29, 1.82) is 0 Å². The molecule has 2 aromatic carbocycles. The molecule has 0 radical (unpaired) electrons. The van der Waals surface area contributed by atoms with Crippen molar-refractivity contribution in [2.45, 2.75) is 70.8 Å². The Morgan fingerprint density at radius 2 is 1.96 bits per heavy atom.